The van der Waals surface area contributed by atoms with E-state index in [4.69, 9.17) is 4.74 Å². The number of rotatable bonds is 3. The molecule has 0 radical (unpaired) electrons. The van der Waals surface area contributed by atoms with Crippen LogP contribution < -0.4 is 4.74 Å². The summed E-state index contributed by atoms with van der Waals surface area (Å²) >= 11 is 0. The summed E-state index contributed by atoms with van der Waals surface area (Å²) in [6.07, 6.45) is 1.73. The van der Waals surface area contributed by atoms with Crippen molar-refractivity contribution in [3.05, 3.63) is 65.6 Å². The predicted molar refractivity (Wildman–Crippen MR) is 88.7 cm³/mol. The summed E-state index contributed by atoms with van der Waals surface area (Å²) in [6, 6.07) is 13.1. The largest absolute Gasteiger partial charge is 0.497 e. The highest BCUT2D eigenvalue weighted by atomic mass is 16.5. The van der Waals surface area contributed by atoms with Crippen LogP contribution in [0.4, 0.5) is 0 Å². The van der Waals surface area contributed by atoms with Gasteiger partial charge in [0.1, 0.15) is 17.5 Å². The predicted octanol–water partition coefficient (Wildman–Crippen LogP) is 2.66. The van der Waals surface area contributed by atoms with Crippen LogP contribution in [0.5, 0.6) is 5.75 Å². The highest BCUT2D eigenvalue weighted by molar-refractivity contribution is 5.99. The Morgan fingerprint density at radius 1 is 1.21 bits per heavy atom. The van der Waals surface area contributed by atoms with E-state index in [1.165, 1.54) is 0 Å². The fourth-order valence-corrected chi connectivity index (χ4v) is 3.14. The molecule has 1 aromatic carbocycles. The van der Waals surface area contributed by atoms with E-state index in [2.05, 4.69) is 15.2 Å². The fraction of sp³-hybridized carbons (Fsp3) is 0.167. The van der Waals surface area contributed by atoms with E-state index in [0.29, 0.717) is 5.69 Å². The van der Waals surface area contributed by atoms with Crippen LogP contribution in [0, 0.1) is 0 Å². The Kier molecular flexibility index (Phi) is 3.30. The molecule has 1 atom stereocenters. The number of pyridine rings is 1. The van der Waals surface area contributed by atoms with Crippen molar-refractivity contribution < 1.29 is 9.53 Å². The molecule has 120 valence electrons. The van der Waals surface area contributed by atoms with Gasteiger partial charge >= 0.3 is 0 Å². The van der Waals surface area contributed by atoms with Crippen molar-refractivity contribution in [2.24, 2.45) is 0 Å². The van der Waals surface area contributed by atoms with Gasteiger partial charge in [-0.3, -0.25) is 14.9 Å². The number of aromatic nitrogens is 3. The molecule has 24 heavy (non-hydrogen) atoms. The molecule has 0 saturated heterocycles. The number of nitrogens with one attached hydrogen (secondary N) is 1. The standard InChI is InChI=1S/C18H16N4O2/c1-22-17(13-8-3-4-9-19-13)14-15(20-21-16(14)18(22)23)11-6-5-7-12(10-11)24-2/h3-10,17H,1-2H3,(H,20,21)/t17-/m1/s1. The van der Waals surface area contributed by atoms with E-state index in [0.717, 1.165) is 28.3 Å². The van der Waals surface area contributed by atoms with Crippen LogP contribution in [0.3, 0.4) is 0 Å². The van der Waals surface area contributed by atoms with Crippen LogP contribution in [-0.2, 0) is 0 Å². The summed E-state index contributed by atoms with van der Waals surface area (Å²) in [7, 11) is 3.41. The fourth-order valence-electron chi connectivity index (χ4n) is 3.14. The van der Waals surface area contributed by atoms with Gasteiger partial charge in [-0.05, 0) is 24.3 Å². The summed E-state index contributed by atoms with van der Waals surface area (Å²) in [4.78, 5) is 18.7. The Bertz CT molecular complexity index is 904. The van der Waals surface area contributed by atoms with Crippen molar-refractivity contribution in [3.8, 4) is 17.0 Å². The third-order valence-electron chi connectivity index (χ3n) is 4.31. The maximum absolute atomic E-state index is 12.6. The zero-order valence-corrected chi connectivity index (χ0v) is 13.4. The molecule has 1 amide bonds. The molecule has 0 fully saturated rings. The minimum Gasteiger partial charge on any atom is -0.497 e. The van der Waals surface area contributed by atoms with E-state index < -0.39 is 0 Å². The Balaban J connectivity index is 1.89. The number of fused-ring (bicyclic) bond motifs is 1. The van der Waals surface area contributed by atoms with Gasteiger partial charge in [0.25, 0.3) is 5.91 Å². The maximum atomic E-state index is 12.6. The number of nitrogens with zero attached hydrogens (tertiary/aromatic N) is 3. The Morgan fingerprint density at radius 3 is 2.83 bits per heavy atom. The molecule has 0 unspecified atom stereocenters. The van der Waals surface area contributed by atoms with E-state index >= 15 is 0 Å². The lowest BCUT2D eigenvalue weighted by Gasteiger charge is -2.20. The lowest BCUT2D eigenvalue weighted by molar-refractivity contribution is 0.0786. The van der Waals surface area contributed by atoms with Gasteiger partial charge in [-0.2, -0.15) is 5.10 Å². The Hall–Kier alpha value is -3.15. The number of benzene rings is 1. The normalized spacial score (nSPS) is 16.3. The summed E-state index contributed by atoms with van der Waals surface area (Å²) in [5.74, 6) is 0.665. The van der Waals surface area contributed by atoms with Crippen LogP contribution in [0.15, 0.2) is 48.7 Å². The van der Waals surface area contributed by atoms with Crippen LogP contribution in [0.25, 0.3) is 11.3 Å². The molecule has 1 aliphatic heterocycles. The van der Waals surface area contributed by atoms with Crippen molar-refractivity contribution in [1.82, 2.24) is 20.1 Å². The highest BCUT2D eigenvalue weighted by Crippen LogP contribution is 2.41. The smallest absolute Gasteiger partial charge is 0.272 e. The van der Waals surface area contributed by atoms with Gasteiger partial charge in [-0.15, -0.1) is 0 Å². The van der Waals surface area contributed by atoms with Crippen molar-refractivity contribution >= 4 is 5.91 Å². The Labute approximate surface area is 139 Å². The minimum absolute atomic E-state index is 0.0812. The first-order valence-corrected chi connectivity index (χ1v) is 7.61. The first-order valence-electron chi connectivity index (χ1n) is 7.61. The van der Waals surface area contributed by atoms with Gasteiger partial charge in [0.2, 0.25) is 0 Å². The minimum atomic E-state index is -0.256. The van der Waals surface area contributed by atoms with Crippen molar-refractivity contribution in [3.63, 3.8) is 0 Å². The first-order chi connectivity index (χ1) is 11.7. The van der Waals surface area contributed by atoms with Crippen molar-refractivity contribution in [1.29, 1.82) is 0 Å². The molecule has 4 rings (SSSR count). The topological polar surface area (TPSA) is 71.1 Å². The first kappa shape index (κ1) is 14.4. The second kappa shape index (κ2) is 5.49. The van der Waals surface area contributed by atoms with E-state index in [9.17, 15) is 4.79 Å². The molecular weight excluding hydrogens is 304 g/mol. The monoisotopic (exact) mass is 320 g/mol. The summed E-state index contributed by atoms with van der Waals surface area (Å²) in [5, 5.41) is 7.28. The average Bonchev–Trinajstić information content (AvgIpc) is 3.16. The maximum Gasteiger partial charge on any atom is 0.272 e. The lowest BCUT2D eigenvalue weighted by Crippen LogP contribution is -2.25. The summed E-state index contributed by atoms with van der Waals surface area (Å²) in [6.45, 7) is 0. The van der Waals surface area contributed by atoms with Gasteiger partial charge in [0.05, 0.1) is 18.5 Å². The van der Waals surface area contributed by atoms with Crippen molar-refractivity contribution in [2.75, 3.05) is 14.2 Å². The zero-order chi connectivity index (χ0) is 16.7. The lowest BCUT2D eigenvalue weighted by atomic mass is 9.99. The molecule has 0 bridgehead atoms. The third kappa shape index (κ3) is 2.07. The van der Waals surface area contributed by atoms with Gasteiger partial charge < -0.3 is 9.64 Å². The number of ether oxygens (including phenoxy) is 1. The van der Waals surface area contributed by atoms with Gasteiger partial charge in [-0.1, -0.05) is 18.2 Å². The average molecular weight is 320 g/mol. The van der Waals surface area contributed by atoms with Gasteiger partial charge in [-0.25, -0.2) is 0 Å². The summed E-state index contributed by atoms with van der Waals surface area (Å²) < 4.78 is 5.30. The van der Waals surface area contributed by atoms with Crippen LogP contribution in [0.2, 0.25) is 0 Å². The second-order valence-electron chi connectivity index (χ2n) is 5.67. The number of carbonyl (C=O) groups is 1. The number of hydrogen-bond acceptors (Lipinski definition) is 4. The number of methoxy groups -OCH3 is 1. The highest BCUT2D eigenvalue weighted by Gasteiger charge is 2.40. The molecule has 0 saturated carbocycles. The molecule has 6 nitrogen and oxygen atoms in total. The van der Waals surface area contributed by atoms with Crippen molar-refractivity contribution in [2.45, 2.75) is 6.04 Å². The molecule has 0 spiro atoms. The van der Waals surface area contributed by atoms with Crippen LogP contribution >= 0.6 is 0 Å². The molecule has 0 aliphatic carbocycles. The SMILES string of the molecule is COc1cccc(-c2n[nH]c3c2[C@@H](c2ccccn2)N(C)C3=O)c1. The van der Waals surface area contributed by atoms with Crippen LogP contribution in [-0.4, -0.2) is 40.1 Å². The zero-order valence-electron chi connectivity index (χ0n) is 13.4. The number of amides is 1. The number of carbonyl (C=O) groups excluding carboxylic acids is 1. The Morgan fingerprint density at radius 2 is 2.08 bits per heavy atom. The van der Waals surface area contributed by atoms with Crippen LogP contribution in [0.1, 0.15) is 27.8 Å². The number of H-pyrrole nitrogens is 1. The molecule has 1 N–H and O–H groups in total. The third-order valence-corrected chi connectivity index (χ3v) is 4.31. The van der Waals surface area contributed by atoms with Gasteiger partial charge in [0, 0.05) is 24.4 Å². The number of hydrogen-bond donors (Lipinski definition) is 1. The molecule has 2 aromatic heterocycles. The molecule has 6 heteroatoms. The van der Waals surface area contributed by atoms with E-state index in [1.54, 1.807) is 25.3 Å². The number of aromatic amines is 1. The van der Waals surface area contributed by atoms with E-state index in [1.807, 2.05) is 42.5 Å². The molecular formula is C18H16N4O2. The second-order valence-corrected chi connectivity index (χ2v) is 5.67. The quantitative estimate of drug-likeness (QED) is 0.805. The molecule has 1 aliphatic rings. The molecule has 3 heterocycles. The van der Waals surface area contributed by atoms with Gasteiger partial charge in [0.15, 0.2) is 0 Å². The summed E-state index contributed by atoms with van der Waals surface area (Å²) in [5.41, 5.74) is 3.84. The molecule has 3 aromatic rings. The van der Waals surface area contributed by atoms with E-state index in [-0.39, 0.29) is 11.9 Å².